The van der Waals surface area contributed by atoms with Crippen molar-refractivity contribution >= 4 is 34.5 Å². The van der Waals surface area contributed by atoms with Gasteiger partial charge in [-0.25, -0.2) is 23.5 Å². The first-order chi connectivity index (χ1) is 19.1. The molecule has 1 amide bonds. The fourth-order valence-corrected chi connectivity index (χ4v) is 5.43. The Balaban J connectivity index is 1.86. The maximum atomic E-state index is 14.9. The van der Waals surface area contributed by atoms with E-state index in [0.717, 1.165) is 5.56 Å². The summed E-state index contributed by atoms with van der Waals surface area (Å²) in [6, 6.07) is 14.8. The van der Waals surface area contributed by atoms with Crippen molar-refractivity contribution in [1.29, 1.82) is 5.26 Å². The topological polar surface area (TPSA) is 115 Å². The van der Waals surface area contributed by atoms with Crippen molar-refractivity contribution in [2.24, 2.45) is 0 Å². The van der Waals surface area contributed by atoms with E-state index in [1.54, 1.807) is 36.4 Å². The van der Waals surface area contributed by atoms with Gasteiger partial charge in [0.15, 0.2) is 5.65 Å². The van der Waals surface area contributed by atoms with Gasteiger partial charge in [-0.1, -0.05) is 49.7 Å². The summed E-state index contributed by atoms with van der Waals surface area (Å²) in [7, 11) is 0. The molecule has 1 N–H and O–H groups in total. The molecule has 0 aliphatic carbocycles. The number of piperazine rings is 1. The molecular weight excluding hydrogens is 535 g/mol. The Morgan fingerprint density at radius 1 is 1.18 bits per heavy atom. The van der Waals surface area contributed by atoms with Crippen LogP contribution in [-0.4, -0.2) is 56.3 Å². The van der Waals surface area contributed by atoms with Gasteiger partial charge in [0, 0.05) is 31.2 Å². The monoisotopic (exact) mass is 560 g/mol. The molecule has 3 heterocycles. The van der Waals surface area contributed by atoms with Gasteiger partial charge in [-0.2, -0.15) is 10.2 Å². The van der Waals surface area contributed by atoms with Crippen LogP contribution in [0.25, 0.3) is 28.0 Å². The number of benzene rings is 2. The summed E-state index contributed by atoms with van der Waals surface area (Å²) in [4.78, 5) is 37.8. The number of amides is 1. The quantitative estimate of drug-likeness (QED) is 0.354. The van der Waals surface area contributed by atoms with E-state index in [1.807, 2.05) is 31.7 Å². The van der Waals surface area contributed by atoms with Crippen LogP contribution in [0.3, 0.4) is 0 Å². The van der Waals surface area contributed by atoms with Gasteiger partial charge < -0.3 is 14.9 Å². The zero-order chi connectivity index (χ0) is 28.7. The predicted octanol–water partition coefficient (Wildman–Crippen LogP) is 5.42. The molecule has 4 aromatic rings. The Kier molecular flexibility index (Phi) is 7.17. The smallest absolute Gasteiger partial charge is 0.407 e. The van der Waals surface area contributed by atoms with E-state index in [2.05, 4.69) is 11.1 Å². The summed E-state index contributed by atoms with van der Waals surface area (Å²) in [5.41, 5.74) is 1.15. The fraction of sp³-hybridized carbons (Fsp3) is 0.276. The Morgan fingerprint density at radius 3 is 2.58 bits per heavy atom. The number of para-hydroxylation sites is 1. The Morgan fingerprint density at radius 2 is 1.93 bits per heavy atom. The highest BCUT2D eigenvalue weighted by atomic mass is 35.5. The van der Waals surface area contributed by atoms with Gasteiger partial charge in [-0.15, -0.1) is 0 Å². The summed E-state index contributed by atoms with van der Waals surface area (Å²) in [5, 5.41) is 20.0. The molecule has 5 rings (SSSR count). The van der Waals surface area contributed by atoms with Crippen molar-refractivity contribution in [2.45, 2.75) is 32.7 Å². The standard InChI is InChI=1S/C29H26ClFN6O3/c1-16(2)19-9-6-7-18(14-32)25(19)37-27-21(13-22(30)24(33-27)20-8-4-5-10-23(20)31)26(34-28(37)38)36-12-11-35(29(39)40)15-17(36)3/h4-10,13,16-17H,11-12,15H2,1-3H3,(H,39,40)/t17-/m0/s1. The van der Waals surface area contributed by atoms with Gasteiger partial charge >= 0.3 is 11.8 Å². The fourth-order valence-electron chi connectivity index (χ4n) is 5.18. The third kappa shape index (κ3) is 4.62. The van der Waals surface area contributed by atoms with Crippen LogP contribution in [0.4, 0.5) is 15.0 Å². The van der Waals surface area contributed by atoms with E-state index in [1.165, 1.54) is 15.5 Å². The van der Waals surface area contributed by atoms with Crippen LogP contribution in [0.15, 0.2) is 53.3 Å². The van der Waals surface area contributed by atoms with E-state index < -0.39 is 17.6 Å². The first-order valence-electron chi connectivity index (χ1n) is 12.8. The number of hydrogen-bond donors (Lipinski definition) is 1. The van der Waals surface area contributed by atoms with E-state index in [9.17, 15) is 24.3 Å². The van der Waals surface area contributed by atoms with E-state index in [-0.39, 0.29) is 59.1 Å². The lowest BCUT2D eigenvalue weighted by Gasteiger charge is -2.39. The number of halogens is 2. The number of nitriles is 1. The second-order valence-corrected chi connectivity index (χ2v) is 10.4. The Hall–Kier alpha value is -4.49. The van der Waals surface area contributed by atoms with Crippen LogP contribution in [0, 0.1) is 17.1 Å². The van der Waals surface area contributed by atoms with Crippen molar-refractivity contribution in [3.05, 3.63) is 81.0 Å². The lowest BCUT2D eigenvalue weighted by Crippen LogP contribution is -2.54. The average Bonchev–Trinajstić information content (AvgIpc) is 2.92. The molecule has 9 nitrogen and oxygen atoms in total. The van der Waals surface area contributed by atoms with E-state index >= 15 is 0 Å². The van der Waals surface area contributed by atoms with Gasteiger partial charge in [-0.3, -0.25) is 0 Å². The van der Waals surface area contributed by atoms with Gasteiger partial charge in [0.2, 0.25) is 0 Å². The molecule has 0 bridgehead atoms. The summed E-state index contributed by atoms with van der Waals surface area (Å²) in [6.45, 7) is 6.47. The highest BCUT2D eigenvalue weighted by molar-refractivity contribution is 6.33. The predicted molar refractivity (Wildman–Crippen MR) is 151 cm³/mol. The van der Waals surface area contributed by atoms with Gasteiger partial charge in [-0.05, 0) is 42.7 Å². The first kappa shape index (κ1) is 27.1. The third-order valence-electron chi connectivity index (χ3n) is 7.13. The van der Waals surface area contributed by atoms with E-state index in [0.29, 0.717) is 16.9 Å². The van der Waals surface area contributed by atoms with Crippen molar-refractivity contribution in [3.63, 3.8) is 0 Å². The van der Waals surface area contributed by atoms with Crippen LogP contribution >= 0.6 is 11.6 Å². The highest BCUT2D eigenvalue weighted by Crippen LogP contribution is 2.36. The first-order valence-corrected chi connectivity index (χ1v) is 13.2. The lowest BCUT2D eigenvalue weighted by atomic mass is 9.97. The molecular formula is C29H26ClFN6O3. The van der Waals surface area contributed by atoms with Gasteiger partial charge in [0.05, 0.1) is 27.4 Å². The number of pyridine rings is 1. The minimum Gasteiger partial charge on any atom is -0.465 e. The molecule has 40 heavy (non-hydrogen) atoms. The molecule has 11 heteroatoms. The Bertz CT molecular complexity index is 1750. The van der Waals surface area contributed by atoms with Crippen LogP contribution in [0.5, 0.6) is 0 Å². The zero-order valence-corrected chi connectivity index (χ0v) is 22.9. The van der Waals surface area contributed by atoms with Crippen molar-refractivity contribution in [1.82, 2.24) is 19.4 Å². The SMILES string of the molecule is CC(C)c1cccc(C#N)c1-n1c(=O)nc(N2CCN(C(=O)O)C[C@@H]2C)c2cc(Cl)c(-c3ccccc3F)nc21. The zero-order valence-electron chi connectivity index (χ0n) is 22.1. The number of carbonyl (C=O) groups is 1. The minimum atomic E-state index is -1.02. The molecule has 1 aliphatic rings. The number of hydrogen-bond acceptors (Lipinski definition) is 6. The maximum Gasteiger partial charge on any atom is 0.407 e. The van der Waals surface area contributed by atoms with Crippen LogP contribution in [-0.2, 0) is 0 Å². The van der Waals surface area contributed by atoms with Crippen LogP contribution in [0.2, 0.25) is 5.02 Å². The molecule has 0 radical (unpaired) electrons. The van der Waals surface area contributed by atoms with Crippen LogP contribution in [0.1, 0.15) is 37.8 Å². The van der Waals surface area contributed by atoms with Gasteiger partial charge in [0.25, 0.3) is 0 Å². The molecule has 1 saturated heterocycles. The molecule has 2 aromatic heterocycles. The number of nitrogens with zero attached hydrogens (tertiary/aromatic N) is 6. The lowest BCUT2D eigenvalue weighted by molar-refractivity contribution is 0.136. The number of rotatable bonds is 4. The van der Waals surface area contributed by atoms with Crippen LogP contribution < -0.4 is 10.6 Å². The summed E-state index contributed by atoms with van der Waals surface area (Å²) in [5.74, 6) is -0.283. The Labute approximate surface area is 234 Å². The molecule has 2 aromatic carbocycles. The molecule has 0 spiro atoms. The van der Waals surface area contributed by atoms with Crippen molar-refractivity contribution in [3.8, 4) is 23.0 Å². The largest absolute Gasteiger partial charge is 0.465 e. The van der Waals surface area contributed by atoms with Crippen molar-refractivity contribution < 1.29 is 14.3 Å². The summed E-state index contributed by atoms with van der Waals surface area (Å²) in [6.07, 6.45) is -1.02. The third-order valence-corrected chi connectivity index (χ3v) is 7.42. The molecule has 1 aliphatic heterocycles. The second kappa shape index (κ2) is 10.6. The summed E-state index contributed by atoms with van der Waals surface area (Å²) < 4.78 is 16.2. The highest BCUT2D eigenvalue weighted by Gasteiger charge is 2.31. The van der Waals surface area contributed by atoms with Gasteiger partial charge in [0.1, 0.15) is 17.7 Å². The van der Waals surface area contributed by atoms with Crippen molar-refractivity contribution in [2.75, 3.05) is 24.5 Å². The molecule has 0 unspecified atom stereocenters. The average molecular weight is 561 g/mol. The molecule has 1 atom stereocenters. The maximum absolute atomic E-state index is 14.9. The number of aromatic nitrogens is 3. The molecule has 0 saturated carbocycles. The van der Waals surface area contributed by atoms with E-state index in [4.69, 9.17) is 16.6 Å². The normalized spacial score (nSPS) is 15.5. The minimum absolute atomic E-state index is 0.0487. The number of carboxylic acid groups (broad SMARTS) is 1. The number of fused-ring (bicyclic) bond motifs is 1. The second-order valence-electron chi connectivity index (χ2n) is 10.0. The molecule has 1 fully saturated rings. The number of anilines is 1. The molecule has 204 valence electrons. The summed E-state index contributed by atoms with van der Waals surface area (Å²) >= 11 is 6.70.